The lowest BCUT2D eigenvalue weighted by Crippen LogP contribution is -2.57. The van der Waals surface area contributed by atoms with E-state index in [0.29, 0.717) is 12.1 Å². The molecule has 4 N–H and O–H groups in total. The summed E-state index contributed by atoms with van der Waals surface area (Å²) in [6.07, 6.45) is -3.27. The van der Waals surface area contributed by atoms with E-state index in [1.165, 1.54) is 20.1 Å². The molecule has 1 aromatic heterocycles. The molecule has 2 aromatic rings. The van der Waals surface area contributed by atoms with Crippen molar-refractivity contribution in [1.82, 2.24) is 15.6 Å². The van der Waals surface area contributed by atoms with E-state index in [4.69, 9.17) is 14.0 Å². The number of nitrogens with zero attached hydrogens (tertiary/aromatic N) is 1. The molecular weight excluding hydrogens is 493 g/mol. The molecule has 2 amide bonds. The van der Waals surface area contributed by atoms with Gasteiger partial charge in [0.1, 0.15) is 17.8 Å². The molecule has 11 nitrogen and oxygen atoms in total. The van der Waals surface area contributed by atoms with E-state index in [1.807, 2.05) is 44.2 Å². The molecule has 0 spiro atoms. The van der Waals surface area contributed by atoms with Crippen LogP contribution in [0.1, 0.15) is 44.1 Å². The summed E-state index contributed by atoms with van der Waals surface area (Å²) in [7, 11) is 0.180. The van der Waals surface area contributed by atoms with Crippen molar-refractivity contribution < 1.29 is 38.6 Å². The molecule has 3 rings (SSSR count). The summed E-state index contributed by atoms with van der Waals surface area (Å²) < 4.78 is 15.8. The van der Waals surface area contributed by atoms with Gasteiger partial charge in [0.15, 0.2) is 6.29 Å². The van der Waals surface area contributed by atoms with Crippen LogP contribution in [-0.2, 0) is 23.6 Å². The largest absolute Gasteiger partial charge is 0.552 e. The fraction of sp³-hybridized carbons (Fsp3) is 0.462. The number of aliphatic hydroxyl groups excluding tert-OH is 2. The molecule has 0 radical (unpaired) electrons. The van der Waals surface area contributed by atoms with Crippen molar-refractivity contribution in [3.05, 3.63) is 54.2 Å². The molecule has 0 aliphatic carbocycles. The molecule has 1 aliphatic rings. The van der Waals surface area contributed by atoms with Crippen LogP contribution < -0.4 is 10.6 Å². The predicted molar refractivity (Wildman–Crippen MR) is 138 cm³/mol. The van der Waals surface area contributed by atoms with Gasteiger partial charge in [-0.15, -0.1) is 0 Å². The highest BCUT2D eigenvalue weighted by Crippen LogP contribution is 2.21. The third-order valence-electron chi connectivity index (χ3n) is 5.97. The van der Waals surface area contributed by atoms with E-state index >= 15 is 0 Å². The quantitative estimate of drug-likeness (QED) is 0.234. The van der Waals surface area contributed by atoms with Crippen molar-refractivity contribution in [2.75, 3.05) is 7.11 Å². The van der Waals surface area contributed by atoms with E-state index in [0.717, 1.165) is 5.56 Å². The van der Waals surface area contributed by atoms with Crippen LogP contribution in [0.25, 0.3) is 11.3 Å². The highest BCUT2D eigenvalue weighted by Gasteiger charge is 2.47. The van der Waals surface area contributed by atoms with Crippen molar-refractivity contribution in [2.45, 2.75) is 64.1 Å². The Morgan fingerprint density at radius 1 is 1.08 bits per heavy atom. The lowest BCUT2D eigenvalue weighted by Gasteiger charge is -2.26. The Bertz CT molecular complexity index is 1100. The molecule has 1 aliphatic heterocycles. The number of benzene rings is 1. The Morgan fingerprint density at radius 2 is 1.79 bits per heavy atom. The minimum Gasteiger partial charge on any atom is -0.506 e. The van der Waals surface area contributed by atoms with Gasteiger partial charge in [0.05, 0.1) is 17.7 Å². The lowest BCUT2D eigenvalue weighted by atomic mass is 9.74. The van der Waals surface area contributed by atoms with Gasteiger partial charge in [-0.25, -0.2) is 4.98 Å². The SMILES string of the molecule is COC(O)C[C@@H]1OB([C@H](CC(C)C)NC(=O)[C@@H](NC(=O)c2cccc(-c3ccccc3)n2)[C@@H](C)O)OC1=O. The van der Waals surface area contributed by atoms with Crippen LogP contribution >= 0.6 is 0 Å². The second kappa shape index (κ2) is 13.5. The fourth-order valence-corrected chi connectivity index (χ4v) is 4.01. The third kappa shape index (κ3) is 7.84. The average molecular weight is 527 g/mol. The number of carbonyl (C=O) groups excluding carboxylic acids is 3. The van der Waals surface area contributed by atoms with Crippen molar-refractivity contribution in [3.8, 4) is 11.3 Å². The number of nitrogens with one attached hydrogen (secondary N) is 2. The molecule has 0 saturated carbocycles. The molecule has 204 valence electrons. The maximum absolute atomic E-state index is 13.2. The number of aliphatic hydroxyl groups is 2. The van der Waals surface area contributed by atoms with Gasteiger partial charge in [0.2, 0.25) is 5.91 Å². The Kier molecular flexibility index (Phi) is 10.4. The number of hydrogen-bond acceptors (Lipinski definition) is 9. The van der Waals surface area contributed by atoms with Gasteiger partial charge in [0.25, 0.3) is 5.91 Å². The molecule has 38 heavy (non-hydrogen) atoms. The summed E-state index contributed by atoms with van der Waals surface area (Å²) in [5, 5.41) is 25.3. The lowest BCUT2D eigenvalue weighted by molar-refractivity contribution is -0.142. The Balaban J connectivity index is 1.71. The molecule has 1 aromatic carbocycles. The van der Waals surface area contributed by atoms with Crippen LogP contribution in [0, 0.1) is 5.92 Å². The zero-order valence-electron chi connectivity index (χ0n) is 21.9. The van der Waals surface area contributed by atoms with E-state index in [1.54, 1.807) is 12.1 Å². The zero-order valence-corrected chi connectivity index (χ0v) is 21.9. The van der Waals surface area contributed by atoms with Crippen LogP contribution in [0.5, 0.6) is 0 Å². The molecule has 12 heteroatoms. The fourth-order valence-electron chi connectivity index (χ4n) is 4.01. The van der Waals surface area contributed by atoms with Crippen molar-refractivity contribution in [1.29, 1.82) is 0 Å². The van der Waals surface area contributed by atoms with Crippen LogP contribution in [0.4, 0.5) is 0 Å². The van der Waals surface area contributed by atoms with Gasteiger partial charge in [0, 0.05) is 19.1 Å². The van der Waals surface area contributed by atoms with E-state index in [-0.39, 0.29) is 18.0 Å². The second-order valence-corrected chi connectivity index (χ2v) is 9.57. The molecule has 0 bridgehead atoms. The number of hydrogen-bond donors (Lipinski definition) is 4. The van der Waals surface area contributed by atoms with Gasteiger partial charge in [-0.1, -0.05) is 50.2 Å². The highest BCUT2D eigenvalue weighted by atomic mass is 16.7. The first-order chi connectivity index (χ1) is 18.1. The normalized spacial score (nSPS) is 18.4. The third-order valence-corrected chi connectivity index (χ3v) is 5.97. The average Bonchev–Trinajstić information content (AvgIpc) is 3.26. The van der Waals surface area contributed by atoms with E-state index in [2.05, 4.69) is 15.6 Å². The number of pyridine rings is 1. The summed E-state index contributed by atoms with van der Waals surface area (Å²) in [6, 6.07) is 13.0. The number of ether oxygens (including phenoxy) is 1. The summed E-state index contributed by atoms with van der Waals surface area (Å²) in [4.78, 5) is 42.9. The molecule has 2 heterocycles. The van der Waals surface area contributed by atoms with Crippen molar-refractivity contribution in [2.24, 2.45) is 5.92 Å². The summed E-state index contributed by atoms with van der Waals surface area (Å²) >= 11 is 0. The van der Waals surface area contributed by atoms with Crippen LogP contribution in [0.3, 0.4) is 0 Å². The standard InChI is InChI=1S/C26H34BN3O8/c1-15(2)13-21(27-37-20(26(35)38-27)14-22(32)36-4)29-25(34)23(16(3)31)30-24(33)19-12-8-11-18(28-19)17-9-6-5-7-10-17/h5-12,15-16,20-23,31-32H,13-14H2,1-4H3,(H,29,34)(H,30,33)/t16-,20+,21+,22?,23+/m1/s1. The Morgan fingerprint density at radius 3 is 2.42 bits per heavy atom. The van der Waals surface area contributed by atoms with E-state index < -0.39 is 55.4 Å². The van der Waals surface area contributed by atoms with Crippen LogP contribution in [0.15, 0.2) is 48.5 Å². The number of methoxy groups -OCH3 is 1. The first kappa shape index (κ1) is 29.2. The molecular formula is C26H34BN3O8. The van der Waals surface area contributed by atoms with Gasteiger partial charge in [-0.3, -0.25) is 14.4 Å². The smallest absolute Gasteiger partial charge is 0.506 e. The first-order valence-corrected chi connectivity index (χ1v) is 12.5. The highest BCUT2D eigenvalue weighted by molar-refractivity contribution is 6.51. The minimum absolute atomic E-state index is 0.0794. The molecule has 5 atom stereocenters. The predicted octanol–water partition coefficient (Wildman–Crippen LogP) is 1.08. The maximum atomic E-state index is 13.2. The zero-order chi connectivity index (χ0) is 27.8. The number of aromatic nitrogens is 1. The van der Waals surface area contributed by atoms with E-state index in [9.17, 15) is 24.6 Å². The molecule has 1 fully saturated rings. The topological polar surface area (TPSA) is 156 Å². The molecule has 1 unspecified atom stereocenters. The summed E-state index contributed by atoms with van der Waals surface area (Å²) in [6.45, 7) is 5.22. The number of amides is 2. The minimum atomic E-state index is -1.32. The first-order valence-electron chi connectivity index (χ1n) is 12.5. The Hall–Kier alpha value is -3.32. The maximum Gasteiger partial charge on any atom is 0.552 e. The van der Waals surface area contributed by atoms with Gasteiger partial charge < -0.3 is 34.9 Å². The summed E-state index contributed by atoms with van der Waals surface area (Å²) in [5.74, 6) is -2.69. The monoisotopic (exact) mass is 527 g/mol. The van der Waals surface area contributed by atoms with Crippen LogP contribution in [0.2, 0.25) is 0 Å². The second-order valence-electron chi connectivity index (χ2n) is 9.57. The Labute approximate surface area is 222 Å². The van der Waals surface area contributed by atoms with Crippen LogP contribution in [-0.4, -0.2) is 77.7 Å². The van der Waals surface area contributed by atoms with Gasteiger partial charge in [-0.2, -0.15) is 0 Å². The van der Waals surface area contributed by atoms with Crippen molar-refractivity contribution in [3.63, 3.8) is 0 Å². The number of carbonyl (C=O) groups is 3. The molecule has 1 saturated heterocycles. The summed E-state index contributed by atoms with van der Waals surface area (Å²) in [5.41, 5.74) is 1.49. The number of rotatable bonds is 12. The van der Waals surface area contributed by atoms with Crippen molar-refractivity contribution >= 4 is 24.9 Å². The van der Waals surface area contributed by atoms with Gasteiger partial charge in [-0.05, 0) is 31.4 Å². The van der Waals surface area contributed by atoms with Gasteiger partial charge >= 0.3 is 13.1 Å².